The van der Waals surface area contributed by atoms with Crippen molar-refractivity contribution in [1.29, 1.82) is 0 Å². The van der Waals surface area contributed by atoms with E-state index in [0.717, 1.165) is 16.3 Å². The van der Waals surface area contributed by atoms with Crippen molar-refractivity contribution in [2.45, 2.75) is 0 Å². The second-order valence-electron chi connectivity index (χ2n) is 4.07. The molecule has 0 aliphatic rings. The third-order valence-corrected chi connectivity index (χ3v) is 3.05. The van der Waals surface area contributed by atoms with Gasteiger partial charge in [0.1, 0.15) is 5.75 Å². The summed E-state index contributed by atoms with van der Waals surface area (Å²) in [5.74, 6) is 0.273. The quantitative estimate of drug-likeness (QED) is 0.167. The Morgan fingerprint density at radius 1 is 1.29 bits per heavy atom. The first-order valence-corrected chi connectivity index (χ1v) is 8.66. The lowest BCUT2D eigenvalue weighted by Crippen LogP contribution is -2.62. The molecule has 0 aliphatic heterocycles. The number of benzene rings is 2. The van der Waals surface area contributed by atoms with Crippen molar-refractivity contribution in [2.24, 2.45) is 10.8 Å². The van der Waals surface area contributed by atoms with Crippen LogP contribution >= 0.6 is 11.8 Å². The van der Waals surface area contributed by atoms with E-state index in [1.807, 2.05) is 36.6 Å². The number of nitrogens with two attached hydrogens (primary N) is 1. The van der Waals surface area contributed by atoms with Crippen LogP contribution in [0.1, 0.15) is 5.56 Å². The molecule has 0 heterocycles. The summed E-state index contributed by atoms with van der Waals surface area (Å²) in [5, 5.41) is 18.8. The van der Waals surface area contributed by atoms with Crippen LogP contribution in [0.25, 0.3) is 10.8 Å². The fraction of sp³-hybridized carbons (Fsp3) is 0.0769. The molecular weight excluding hydrogens is 358 g/mol. The summed E-state index contributed by atoms with van der Waals surface area (Å²) in [7, 11) is -4.92. The number of hydrogen-bond donors (Lipinski definition) is 4. The van der Waals surface area contributed by atoms with E-state index >= 15 is 0 Å². The van der Waals surface area contributed by atoms with Crippen molar-refractivity contribution in [3.8, 4) is 5.75 Å². The predicted octanol–water partition coefficient (Wildman–Crippen LogP) is -1.18. The summed E-state index contributed by atoms with van der Waals surface area (Å²) in [6, 6.07) is 11.1. The highest BCUT2D eigenvalue weighted by Gasteiger charge is 2.04. The number of hydrogen-bond acceptors (Lipinski definition) is 6. The highest BCUT2D eigenvalue weighted by atomic mass is 32.3. The molecule has 2 rings (SSSR count). The largest absolute Gasteiger partial charge is 0.726 e. The molecule has 2 aromatic rings. The molecule has 132 valence electrons. The van der Waals surface area contributed by atoms with Gasteiger partial charge in [-0.3, -0.25) is 4.55 Å². The fourth-order valence-electron chi connectivity index (χ4n) is 1.64. The number of nitrogens with zero attached hydrogens (tertiary/aromatic N) is 1. The zero-order valence-corrected chi connectivity index (χ0v) is 14.1. The molecule has 0 saturated carbocycles. The first-order valence-electron chi connectivity index (χ1n) is 6.07. The van der Waals surface area contributed by atoms with E-state index in [2.05, 4.69) is 10.2 Å². The number of phenolic OH excluding ortho intramolecular Hbond substituents is 1. The molecule has 0 unspecified atom stereocenters. The lowest BCUT2D eigenvalue weighted by atomic mass is 10.0. The summed E-state index contributed by atoms with van der Waals surface area (Å²) >= 11 is 1.37. The van der Waals surface area contributed by atoms with E-state index in [4.69, 9.17) is 23.3 Å². The first kappa shape index (κ1) is 21.8. The highest BCUT2D eigenvalue weighted by molar-refractivity contribution is 8.13. The SMILES string of the molecule is CS/C(N)=N/[NH+]=C/c1ccc(O)c2ccccc12.O.O=S(=O)([O-])O. The van der Waals surface area contributed by atoms with E-state index in [1.54, 1.807) is 12.3 Å². The van der Waals surface area contributed by atoms with E-state index in [0.29, 0.717) is 5.17 Å². The highest BCUT2D eigenvalue weighted by Crippen LogP contribution is 2.25. The zero-order valence-electron chi connectivity index (χ0n) is 12.5. The van der Waals surface area contributed by atoms with Gasteiger partial charge < -0.3 is 20.9 Å². The Hall–Kier alpha value is -2.18. The van der Waals surface area contributed by atoms with Crippen LogP contribution in [0.4, 0.5) is 0 Å². The minimum Gasteiger partial charge on any atom is -0.726 e. The average Bonchev–Trinajstić information content (AvgIpc) is 2.48. The molecule has 11 heteroatoms. The van der Waals surface area contributed by atoms with E-state index in [-0.39, 0.29) is 11.2 Å². The molecule has 0 fully saturated rings. The maximum absolute atomic E-state index is 9.76. The second kappa shape index (κ2) is 9.85. The van der Waals surface area contributed by atoms with Crippen LogP contribution in [0.15, 0.2) is 41.5 Å². The maximum atomic E-state index is 9.76. The smallest absolute Gasteiger partial charge is 0.225 e. The number of hydrazone groups is 1. The van der Waals surface area contributed by atoms with Crippen LogP contribution in [0.3, 0.4) is 0 Å². The Balaban J connectivity index is 0.000000777. The normalized spacial score (nSPS) is 11.7. The van der Waals surface area contributed by atoms with Crippen molar-refractivity contribution in [3.05, 3.63) is 42.0 Å². The molecule has 0 atom stereocenters. The van der Waals surface area contributed by atoms with Crippen molar-refractivity contribution < 1.29 is 33.2 Å². The average molecular weight is 375 g/mol. The van der Waals surface area contributed by atoms with Crippen molar-refractivity contribution in [3.63, 3.8) is 0 Å². The standard InChI is InChI=1S/C13H13N3OS.H2O4S.H2O/c1-18-13(14)16-15-8-9-6-7-12(17)11-5-3-2-4-10(9)11;1-5(2,3)4;/h2-8,17H,1H3,(H2,14,16);(H2,1,2,3,4);1H2/b15-8+;;. The molecule has 0 aliphatic carbocycles. The van der Waals surface area contributed by atoms with Crippen molar-refractivity contribution in [1.82, 2.24) is 0 Å². The van der Waals surface area contributed by atoms with Crippen LogP contribution in [0.2, 0.25) is 0 Å². The van der Waals surface area contributed by atoms with Crippen molar-refractivity contribution in [2.75, 3.05) is 6.26 Å². The van der Waals surface area contributed by atoms with Gasteiger partial charge in [-0.15, -0.1) is 5.10 Å². The molecular formula is C13H17N3O6S2. The van der Waals surface area contributed by atoms with E-state index < -0.39 is 10.4 Å². The first-order chi connectivity index (χ1) is 10.7. The van der Waals surface area contributed by atoms with Gasteiger partial charge in [0.25, 0.3) is 0 Å². The van der Waals surface area contributed by atoms with E-state index in [1.165, 1.54) is 11.8 Å². The lowest BCUT2D eigenvalue weighted by Gasteiger charge is -2.01. The number of phenols is 1. The van der Waals surface area contributed by atoms with Crippen LogP contribution < -0.4 is 10.8 Å². The molecule has 24 heavy (non-hydrogen) atoms. The Kier molecular flexibility index (Phi) is 8.95. The van der Waals surface area contributed by atoms with Gasteiger partial charge in [-0.2, -0.15) is 0 Å². The zero-order chi connectivity index (χ0) is 17.5. The summed E-state index contributed by atoms with van der Waals surface area (Å²) in [5.41, 5.74) is 6.51. The number of nitrogens with one attached hydrogen (secondary N) is 1. The van der Waals surface area contributed by atoms with Crippen LogP contribution in [0, 0.1) is 0 Å². The second-order valence-corrected chi connectivity index (χ2v) is 5.76. The number of amidine groups is 1. The van der Waals surface area contributed by atoms with E-state index in [9.17, 15) is 5.11 Å². The lowest BCUT2D eigenvalue weighted by molar-refractivity contribution is -0.456. The molecule has 0 amide bonds. The van der Waals surface area contributed by atoms with Gasteiger partial charge in [-0.1, -0.05) is 36.0 Å². The van der Waals surface area contributed by atoms with Gasteiger partial charge in [0.05, 0.1) is 0 Å². The number of fused-ring (bicyclic) bond motifs is 1. The molecule has 0 spiro atoms. The van der Waals surface area contributed by atoms with Gasteiger partial charge >= 0.3 is 0 Å². The molecule has 0 bridgehead atoms. The maximum Gasteiger partial charge on any atom is 0.225 e. The Morgan fingerprint density at radius 2 is 1.83 bits per heavy atom. The third kappa shape index (κ3) is 7.89. The molecule has 2 aromatic carbocycles. The molecule has 0 radical (unpaired) electrons. The predicted molar refractivity (Wildman–Crippen MR) is 92.8 cm³/mol. The number of aromatic hydroxyl groups is 1. The monoisotopic (exact) mass is 375 g/mol. The van der Waals surface area contributed by atoms with Crippen LogP contribution in [-0.2, 0) is 10.4 Å². The van der Waals surface area contributed by atoms with Crippen molar-refractivity contribution >= 4 is 44.3 Å². The molecule has 7 N–H and O–H groups in total. The van der Waals surface area contributed by atoms with Gasteiger partial charge in [-0.25, -0.2) is 8.42 Å². The third-order valence-electron chi connectivity index (χ3n) is 2.54. The fourth-order valence-corrected chi connectivity index (χ4v) is 1.79. The van der Waals surface area contributed by atoms with Gasteiger partial charge in [0, 0.05) is 16.1 Å². The van der Waals surface area contributed by atoms with Gasteiger partial charge in [0.2, 0.25) is 21.8 Å². The Labute approximate surface area is 142 Å². The molecule has 0 saturated heterocycles. The van der Waals surface area contributed by atoms with Gasteiger partial charge in [-0.05, 0) is 23.8 Å². The summed E-state index contributed by atoms with van der Waals surface area (Å²) in [4.78, 5) is 0. The number of thioether (sulfide) groups is 1. The summed E-state index contributed by atoms with van der Waals surface area (Å²) in [6.07, 6.45) is 3.61. The molecule has 0 aromatic heterocycles. The minimum absolute atomic E-state index is 0. The summed E-state index contributed by atoms with van der Waals surface area (Å²) in [6.45, 7) is 0. The van der Waals surface area contributed by atoms with Crippen LogP contribution in [-0.4, -0.2) is 45.7 Å². The van der Waals surface area contributed by atoms with Crippen LogP contribution in [0.5, 0.6) is 5.75 Å². The number of rotatable bonds is 2. The molecule has 9 nitrogen and oxygen atoms in total. The minimum atomic E-state index is -4.92. The summed E-state index contributed by atoms with van der Waals surface area (Å²) < 4.78 is 32.8. The Morgan fingerprint density at radius 3 is 2.38 bits per heavy atom. The topological polar surface area (TPSA) is 182 Å². The van der Waals surface area contributed by atoms with Gasteiger partial charge in [0.15, 0.2) is 0 Å². The Bertz CT molecular complexity index is 829.